The summed E-state index contributed by atoms with van der Waals surface area (Å²) in [4.78, 5) is 22.6. The molecule has 1 fully saturated rings. The number of carbonyl (C=O) groups excluding carboxylic acids is 1. The molecule has 3 heterocycles. The molecule has 1 atom stereocenters. The largest absolute Gasteiger partial charge is 0.495 e. The monoisotopic (exact) mass is 398 g/mol. The fourth-order valence-corrected chi connectivity index (χ4v) is 4.13. The third-order valence-electron chi connectivity index (χ3n) is 5.32. The van der Waals surface area contributed by atoms with E-state index in [1.54, 1.807) is 13.3 Å². The average molecular weight is 399 g/mol. The molecule has 0 bridgehead atoms. The number of likely N-dealkylation sites (tertiary alicyclic amines) is 1. The number of hydrogen-bond acceptors (Lipinski definition) is 4. The maximum atomic E-state index is 12.9. The number of hydrogen-bond donors (Lipinski definition) is 2. The molecule has 1 saturated heterocycles. The van der Waals surface area contributed by atoms with Gasteiger partial charge in [-0.2, -0.15) is 0 Å². The Hall–Kier alpha value is -2.57. The Labute approximate surface area is 168 Å². The van der Waals surface area contributed by atoms with E-state index in [9.17, 15) is 4.79 Å². The molecule has 0 saturated carbocycles. The van der Waals surface area contributed by atoms with Crippen LogP contribution in [0.25, 0.3) is 10.9 Å². The maximum Gasteiger partial charge on any atom is 0.271 e. The number of rotatable bonds is 5. The van der Waals surface area contributed by atoms with E-state index in [0.29, 0.717) is 23.0 Å². The van der Waals surface area contributed by atoms with Crippen molar-refractivity contribution in [1.29, 1.82) is 0 Å². The van der Waals surface area contributed by atoms with Crippen molar-refractivity contribution in [3.05, 3.63) is 59.0 Å². The molecule has 0 aliphatic carbocycles. The summed E-state index contributed by atoms with van der Waals surface area (Å²) in [5.41, 5.74) is 2.07. The van der Waals surface area contributed by atoms with Crippen molar-refractivity contribution in [3.8, 4) is 5.75 Å². The summed E-state index contributed by atoms with van der Waals surface area (Å²) in [5.74, 6) is 0.536. The van der Waals surface area contributed by atoms with Gasteiger partial charge in [0.1, 0.15) is 11.4 Å². The summed E-state index contributed by atoms with van der Waals surface area (Å²) >= 11 is 6.43. The number of nitrogens with one attached hydrogen (secondary N) is 2. The van der Waals surface area contributed by atoms with E-state index in [4.69, 9.17) is 16.3 Å². The number of pyridine rings is 1. The number of carbonyl (C=O) groups is 1. The van der Waals surface area contributed by atoms with E-state index in [1.807, 2.05) is 36.5 Å². The number of nitrogens with zero attached hydrogens (tertiary/aromatic N) is 2. The predicted molar refractivity (Wildman–Crippen MR) is 110 cm³/mol. The Balaban J connectivity index is 1.45. The second kappa shape index (κ2) is 7.45. The lowest BCUT2D eigenvalue weighted by Crippen LogP contribution is -2.48. The van der Waals surface area contributed by atoms with E-state index in [-0.39, 0.29) is 11.4 Å². The number of halogens is 1. The predicted octanol–water partition coefficient (Wildman–Crippen LogP) is 3.62. The lowest BCUT2D eigenvalue weighted by atomic mass is 10.0. The van der Waals surface area contributed by atoms with Gasteiger partial charge in [-0.3, -0.25) is 14.7 Å². The minimum Gasteiger partial charge on any atom is -0.495 e. The zero-order chi connectivity index (χ0) is 19.7. The van der Waals surface area contributed by atoms with E-state index < -0.39 is 0 Å². The van der Waals surface area contributed by atoms with Crippen LogP contribution in [0.4, 0.5) is 0 Å². The second-order valence-electron chi connectivity index (χ2n) is 7.51. The summed E-state index contributed by atoms with van der Waals surface area (Å²) in [6.07, 6.45) is 4.34. The number of benzene rings is 1. The molecule has 1 aliphatic rings. The molecule has 0 spiro atoms. The standard InChI is InChI=1S/C21H23ClN4O2/c1-21(25-20(27)19-15-6-9-23-16(15)7-10-24-19)8-11-26(13-21)12-14-4-3-5-17(28-2)18(14)22/h3-7,9-10,23H,8,11-13H2,1-2H3,(H,25,27). The fourth-order valence-electron chi connectivity index (χ4n) is 3.87. The summed E-state index contributed by atoms with van der Waals surface area (Å²) in [6, 6.07) is 9.55. The third-order valence-corrected chi connectivity index (χ3v) is 5.75. The Bertz CT molecular complexity index is 1020. The van der Waals surface area contributed by atoms with Gasteiger partial charge in [0.2, 0.25) is 0 Å². The summed E-state index contributed by atoms with van der Waals surface area (Å²) in [6.45, 7) is 4.42. The van der Waals surface area contributed by atoms with Gasteiger partial charge in [-0.1, -0.05) is 23.7 Å². The summed E-state index contributed by atoms with van der Waals surface area (Å²) in [7, 11) is 1.62. The minimum absolute atomic E-state index is 0.144. The molecule has 146 valence electrons. The van der Waals surface area contributed by atoms with Crippen LogP contribution in [0.15, 0.2) is 42.7 Å². The molecular formula is C21H23ClN4O2. The van der Waals surface area contributed by atoms with Crippen molar-refractivity contribution < 1.29 is 9.53 Å². The molecule has 0 radical (unpaired) electrons. The van der Waals surface area contributed by atoms with Crippen LogP contribution in [0.3, 0.4) is 0 Å². The van der Waals surface area contributed by atoms with Gasteiger partial charge in [0.15, 0.2) is 0 Å². The van der Waals surface area contributed by atoms with Crippen LogP contribution >= 0.6 is 11.6 Å². The average Bonchev–Trinajstić information content (AvgIpc) is 3.29. The number of ether oxygens (including phenoxy) is 1. The summed E-state index contributed by atoms with van der Waals surface area (Å²) < 4.78 is 5.30. The second-order valence-corrected chi connectivity index (χ2v) is 7.89. The number of amides is 1. The van der Waals surface area contributed by atoms with Gasteiger partial charge >= 0.3 is 0 Å². The maximum absolute atomic E-state index is 12.9. The molecular weight excluding hydrogens is 376 g/mol. The Kier molecular flexibility index (Phi) is 5.00. The van der Waals surface area contributed by atoms with Crippen LogP contribution in [0.2, 0.25) is 5.02 Å². The smallest absolute Gasteiger partial charge is 0.271 e. The highest BCUT2D eigenvalue weighted by atomic mass is 35.5. The normalized spacial score (nSPS) is 19.8. The van der Waals surface area contributed by atoms with Crippen molar-refractivity contribution in [2.75, 3.05) is 20.2 Å². The van der Waals surface area contributed by atoms with Crippen LogP contribution in [-0.2, 0) is 6.54 Å². The lowest BCUT2D eigenvalue weighted by Gasteiger charge is -2.26. The molecule has 2 aromatic heterocycles. The van der Waals surface area contributed by atoms with Crippen LogP contribution < -0.4 is 10.1 Å². The molecule has 1 aromatic carbocycles. The minimum atomic E-state index is -0.317. The first-order chi connectivity index (χ1) is 13.5. The van der Waals surface area contributed by atoms with Crippen LogP contribution in [0.1, 0.15) is 29.4 Å². The van der Waals surface area contributed by atoms with E-state index in [1.165, 1.54) is 0 Å². The first-order valence-corrected chi connectivity index (χ1v) is 9.65. The van der Waals surface area contributed by atoms with Gasteiger partial charge < -0.3 is 15.0 Å². The van der Waals surface area contributed by atoms with Gasteiger partial charge in [0.25, 0.3) is 5.91 Å². The highest BCUT2D eigenvalue weighted by molar-refractivity contribution is 6.32. The van der Waals surface area contributed by atoms with Crippen molar-refractivity contribution in [2.24, 2.45) is 0 Å². The highest BCUT2D eigenvalue weighted by Gasteiger charge is 2.36. The van der Waals surface area contributed by atoms with Crippen molar-refractivity contribution in [3.63, 3.8) is 0 Å². The van der Waals surface area contributed by atoms with Gasteiger partial charge in [0, 0.05) is 42.9 Å². The Morgan fingerprint density at radius 2 is 2.25 bits per heavy atom. The quantitative estimate of drug-likeness (QED) is 0.688. The topological polar surface area (TPSA) is 70.2 Å². The fraction of sp³-hybridized carbons (Fsp3) is 0.333. The Morgan fingerprint density at radius 1 is 1.39 bits per heavy atom. The molecule has 7 heteroatoms. The summed E-state index contributed by atoms with van der Waals surface area (Å²) in [5, 5.41) is 4.67. The van der Waals surface area contributed by atoms with E-state index in [0.717, 1.165) is 36.0 Å². The first-order valence-electron chi connectivity index (χ1n) is 9.27. The molecule has 6 nitrogen and oxygen atoms in total. The molecule has 28 heavy (non-hydrogen) atoms. The zero-order valence-electron chi connectivity index (χ0n) is 16.0. The number of aromatic nitrogens is 2. The van der Waals surface area contributed by atoms with Crippen molar-refractivity contribution in [2.45, 2.75) is 25.4 Å². The molecule has 4 rings (SSSR count). The molecule has 2 N–H and O–H groups in total. The number of H-pyrrole nitrogens is 1. The van der Waals surface area contributed by atoms with Crippen LogP contribution in [-0.4, -0.2) is 46.5 Å². The van der Waals surface area contributed by atoms with E-state index in [2.05, 4.69) is 27.1 Å². The van der Waals surface area contributed by atoms with Gasteiger partial charge in [-0.05, 0) is 37.1 Å². The van der Waals surface area contributed by atoms with Crippen LogP contribution in [0, 0.1) is 0 Å². The van der Waals surface area contributed by atoms with Gasteiger partial charge in [-0.15, -0.1) is 0 Å². The first kappa shape index (κ1) is 18.8. The molecule has 1 amide bonds. The number of aromatic amines is 1. The molecule has 1 aliphatic heterocycles. The lowest BCUT2D eigenvalue weighted by molar-refractivity contribution is 0.0904. The number of methoxy groups -OCH3 is 1. The van der Waals surface area contributed by atoms with Crippen molar-refractivity contribution in [1.82, 2.24) is 20.2 Å². The Morgan fingerprint density at radius 3 is 3.07 bits per heavy atom. The highest BCUT2D eigenvalue weighted by Crippen LogP contribution is 2.31. The molecule has 3 aromatic rings. The molecule has 1 unspecified atom stereocenters. The van der Waals surface area contributed by atoms with E-state index >= 15 is 0 Å². The van der Waals surface area contributed by atoms with Crippen LogP contribution in [0.5, 0.6) is 5.75 Å². The van der Waals surface area contributed by atoms with Gasteiger partial charge in [-0.25, -0.2) is 0 Å². The zero-order valence-corrected chi connectivity index (χ0v) is 16.7. The SMILES string of the molecule is COc1cccc(CN2CCC(C)(NC(=O)c3nccc4[nH]ccc34)C2)c1Cl. The van der Waals surface area contributed by atoms with Crippen molar-refractivity contribution >= 4 is 28.4 Å². The van der Waals surface area contributed by atoms with Gasteiger partial charge in [0.05, 0.1) is 17.7 Å². The number of fused-ring (bicyclic) bond motifs is 1. The third kappa shape index (κ3) is 3.57.